The molecular weight excluding hydrogens is 328 g/mol. The Morgan fingerprint density at radius 2 is 1.72 bits per heavy atom. The lowest BCUT2D eigenvalue weighted by Crippen LogP contribution is -2.07. The number of carbonyl (C=O) groups is 2. The highest BCUT2D eigenvalue weighted by atomic mass is 16.6. The van der Waals surface area contributed by atoms with Crippen molar-refractivity contribution in [1.82, 2.24) is 0 Å². The van der Waals surface area contributed by atoms with Gasteiger partial charge in [-0.15, -0.1) is 0 Å². The summed E-state index contributed by atoms with van der Waals surface area (Å²) in [5.74, 6) is -1.43. The Kier molecular flexibility index (Phi) is 5.62. The Labute approximate surface area is 143 Å². The van der Waals surface area contributed by atoms with Crippen molar-refractivity contribution in [3.05, 3.63) is 53.6 Å². The van der Waals surface area contributed by atoms with Crippen LogP contribution in [0.3, 0.4) is 0 Å². The van der Waals surface area contributed by atoms with Crippen LogP contribution in [0.1, 0.15) is 15.9 Å². The number of rotatable bonds is 5. The highest BCUT2D eigenvalue weighted by molar-refractivity contribution is 5.91. The van der Waals surface area contributed by atoms with Gasteiger partial charge in [0.1, 0.15) is 0 Å². The van der Waals surface area contributed by atoms with E-state index in [9.17, 15) is 19.8 Å². The number of hydrogen-bond donors (Lipinski definition) is 2. The van der Waals surface area contributed by atoms with Gasteiger partial charge >= 0.3 is 11.9 Å². The molecule has 0 unspecified atom stereocenters. The minimum atomic E-state index is -0.684. The van der Waals surface area contributed by atoms with Crippen molar-refractivity contribution in [3.8, 4) is 23.0 Å². The molecule has 0 spiro atoms. The summed E-state index contributed by atoms with van der Waals surface area (Å²) in [5.41, 5.74) is 0.759. The van der Waals surface area contributed by atoms with Crippen LogP contribution >= 0.6 is 0 Å². The lowest BCUT2D eigenvalue weighted by molar-refractivity contribution is -0.129. The summed E-state index contributed by atoms with van der Waals surface area (Å²) in [6.45, 7) is 0. The molecule has 7 heteroatoms. The van der Waals surface area contributed by atoms with Crippen molar-refractivity contribution >= 4 is 18.0 Å². The first kappa shape index (κ1) is 17.9. The van der Waals surface area contributed by atoms with Gasteiger partial charge in [0.2, 0.25) is 0 Å². The lowest BCUT2D eigenvalue weighted by atomic mass is 10.2. The highest BCUT2D eigenvalue weighted by Gasteiger charge is 2.13. The van der Waals surface area contributed by atoms with Crippen LogP contribution in [0.15, 0.2) is 42.5 Å². The van der Waals surface area contributed by atoms with Crippen LogP contribution in [0, 0.1) is 0 Å². The van der Waals surface area contributed by atoms with E-state index in [4.69, 9.17) is 9.47 Å². The van der Waals surface area contributed by atoms with Crippen LogP contribution in [0.5, 0.6) is 23.0 Å². The average molecular weight is 344 g/mol. The van der Waals surface area contributed by atoms with Crippen molar-refractivity contribution in [2.24, 2.45) is 0 Å². The van der Waals surface area contributed by atoms with Crippen LogP contribution in [-0.4, -0.2) is 36.4 Å². The fourth-order valence-electron chi connectivity index (χ4n) is 1.95. The number of ether oxygens (including phenoxy) is 3. The summed E-state index contributed by atoms with van der Waals surface area (Å²) >= 11 is 0. The van der Waals surface area contributed by atoms with Crippen molar-refractivity contribution in [2.75, 3.05) is 14.2 Å². The molecule has 2 aromatic rings. The zero-order valence-corrected chi connectivity index (χ0v) is 13.6. The van der Waals surface area contributed by atoms with E-state index in [0.29, 0.717) is 5.56 Å². The Morgan fingerprint density at radius 1 is 0.960 bits per heavy atom. The average Bonchev–Trinajstić information content (AvgIpc) is 2.62. The molecular formula is C18H16O7. The second kappa shape index (κ2) is 7.87. The normalized spacial score (nSPS) is 10.5. The van der Waals surface area contributed by atoms with Gasteiger partial charge in [0.05, 0.1) is 19.8 Å². The predicted molar refractivity (Wildman–Crippen MR) is 88.8 cm³/mol. The topological polar surface area (TPSA) is 102 Å². The summed E-state index contributed by atoms with van der Waals surface area (Å²) in [5, 5.41) is 18.6. The smallest absolute Gasteiger partial charge is 0.337 e. The quantitative estimate of drug-likeness (QED) is 0.372. The van der Waals surface area contributed by atoms with Crippen molar-refractivity contribution in [3.63, 3.8) is 0 Å². The van der Waals surface area contributed by atoms with Gasteiger partial charge in [0.15, 0.2) is 23.0 Å². The second-order valence-electron chi connectivity index (χ2n) is 4.86. The van der Waals surface area contributed by atoms with Crippen LogP contribution in [0.25, 0.3) is 6.08 Å². The maximum absolute atomic E-state index is 11.9. The third-order valence-corrected chi connectivity index (χ3v) is 3.21. The van der Waals surface area contributed by atoms with Gasteiger partial charge in [-0.3, -0.25) is 0 Å². The van der Waals surface area contributed by atoms with Crippen LogP contribution in [0.4, 0.5) is 0 Å². The molecule has 25 heavy (non-hydrogen) atoms. The van der Waals surface area contributed by atoms with E-state index in [1.807, 2.05) is 0 Å². The zero-order valence-electron chi connectivity index (χ0n) is 13.6. The lowest BCUT2D eigenvalue weighted by Gasteiger charge is -2.09. The number of phenols is 2. The van der Waals surface area contributed by atoms with Crippen molar-refractivity contribution in [1.29, 1.82) is 0 Å². The molecule has 2 rings (SSSR count). The first-order valence-corrected chi connectivity index (χ1v) is 7.13. The molecule has 0 fully saturated rings. The molecule has 0 aliphatic heterocycles. The number of phenolic OH excluding ortho intramolecular Hbond substituents is 2. The Morgan fingerprint density at radius 3 is 2.36 bits per heavy atom. The van der Waals surface area contributed by atoms with Crippen molar-refractivity contribution in [2.45, 2.75) is 0 Å². The number of esters is 2. The van der Waals surface area contributed by atoms with E-state index in [-0.39, 0.29) is 28.6 Å². The van der Waals surface area contributed by atoms with E-state index >= 15 is 0 Å². The van der Waals surface area contributed by atoms with Crippen LogP contribution in [-0.2, 0) is 9.53 Å². The van der Waals surface area contributed by atoms with E-state index in [1.165, 1.54) is 56.7 Å². The predicted octanol–water partition coefficient (Wildman–Crippen LogP) is 2.51. The third-order valence-electron chi connectivity index (χ3n) is 3.21. The van der Waals surface area contributed by atoms with Crippen LogP contribution < -0.4 is 9.47 Å². The molecule has 0 aromatic heterocycles. The molecule has 0 bridgehead atoms. The van der Waals surface area contributed by atoms with Gasteiger partial charge in [0.25, 0.3) is 0 Å². The molecule has 0 saturated carbocycles. The van der Waals surface area contributed by atoms with E-state index in [0.717, 1.165) is 6.08 Å². The molecule has 2 N–H and O–H groups in total. The van der Waals surface area contributed by atoms with Gasteiger partial charge in [-0.2, -0.15) is 0 Å². The number of benzene rings is 2. The minimum Gasteiger partial charge on any atom is -0.504 e. The van der Waals surface area contributed by atoms with Gasteiger partial charge in [0, 0.05) is 6.08 Å². The first-order chi connectivity index (χ1) is 11.9. The summed E-state index contributed by atoms with van der Waals surface area (Å²) in [6, 6.07) is 8.38. The molecule has 0 aliphatic carbocycles. The fourth-order valence-corrected chi connectivity index (χ4v) is 1.95. The standard InChI is InChI=1S/C18H16O7/c1-23-16-10-12(18(22)24-2)5-7-15(16)25-17(21)8-4-11-3-6-13(19)14(20)9-11/h3-10,19-20H,1-2H3. The molecule has 0 amide bonds. The number of hydrogen-bond acceptors (Lipinski definition) is 7. The van der Waals surface area contributed by atoms with Gasteiger partial charge in [-0.05, 0) is 42.0 Å². The molecule has 0 atom stereocenters. The summed E-state index contributed by atoms with van der Waals surface area (Å²) in [6.07, 6.45) is 2.57. The molecule has 0 aliphatic rings. The van der Waals surface area contributed by atoms with Gasteiger partial charge in [-0.25, -0.2) is 9.59 Å². The molecule has 0 saturated heterocycles. The molecule has 0 radical (unpaired) electrons. The van der Waals surface area contributed by atoms with Crippen LogP contribution in [0.2, 0.25) is 0 Å². The Balaban J connectivity index is 2.12. The minimum absolute atomic E-state index is 0.137. The number of aromatic hydroxyl groups is 2. The number of methoxy groups -OCH3 is 2. The molecule has 130 valence electrons. The Hall–Kier alpha value is -3.48. The van der Waals surface area contributed by atoms with E-state index < -0.39 is 11.9 Å². The van der Waals surface area contributed by atoms with Gasteiger partial charge < -0.3 is 24.4 Å². The highest BCUT2D eigenvalue weighted by Crippen LogP contribution is 2.29. The molecule has 7 nitrogen and oxygen atoms in total. The maximum atomic E-state index is 11.9. The summed E-state index contributed by atoms with van der Waals surface area (Å²) < 4.78 is 14.9. The fraction of sp³-hybridized carbons (Fsp3) is 0.111. The second-order valence-corrected chi connectivity index (χ2v) is 4.86. The molecule has 0 heterocycles. The first-order valence-electron chi connectivity index (χ1n) is 7.13. The maximum Gasteiger partial charge on any atom is 0.337 e. The SMILES string of the molecule is COC(=O)c1ccc(OC(=O)C=Cc2ccc(O)c(O)c2)c(OC)c1. The summed E-state index contributed by atoms with van der Waals surface area (Å²) in [4.78, 5) is 23.4. The monoisotopic (exact) mass is 344 g/mol. The van der Waals surface area contributed by atoms with E-state index in [1.54, 1.807) is 0 Å². The van der Waals surface area contributed by atoms with E-state index in [2.05, 4.69) is 4.74 Å². The van der Waals surface area contributed by atoms with Gasteiger partial charge in [-0.1, -0.05) is 6.07 Å². The third kappa shape index (κ3) is 4.51. The molecule has 2 aromatic carbocycles. The Bertz CT molecular complexity index is 824. The summed E-state index contributed by atoms with van der Waals surface area (Å²) in [7, 11) is 2.64. The zero-order chi connectivity index (χ0) is 18.4. The van der Waals surface area contributed by atoms with Crippen molar-refractivity contribution < 1.29 is 34.0 Å². The largest absolute Gasteiger partial charge is 0.504 e. The number of carbonyl (C=O) groups excluding carboxylic acids is 2.